The summed E-state index contributed by atoms with van der Waals surface area (Å²) in [6.07, 6.45) is 5.33. The second-order valence-electron chi connectivity index (χ2n) is 6.00. The molecule has 3 rings (SSSR count). The van der Waals surface area contributed by atoms with Crippen LogP contribution in [0.15, 0.2) is 46.7 Å². The Kier molecular flexibility index (Phi) is 5.68. The first kappa shape index (κ1) is 18.1. The maximum Gasteiger partial charge on any atom is 0.316 e. The third-order valence-corrected chi connectivity index (χ3v) is 5.01. The average Bonchev–Trinajstić information content (AvgIpc) is 2.65. The number of aryl methyl sites for hydroxylation is 2. The van der Waals surface area contributed by atoms with Gasteiger partial charge in [0.1, 0.15) is 0 Å². The maximum atomic E-state index is 12.3. The molecule has 0 bridgehead atoms. The third-order valence-electron chi connectivity index (χ3n) is 4.06. The maximum absolute atomic E-state index is 12.3. The Hall–Kier alpha value is -2.67. The minimum Gasteiger partial charge on any atom is -0.467 e. The largest absolute Gasteiger partial charge is 0.467 e. The van der Waals surface area contributed by atoms with Gasteiger partial charge in [-0.25, -0.2) is 15.0 Å². The molecule has 2 aromatic heterocycles. The van der Waals surface area contributed by atoms with Gasteiger partial charge in [-0.1, -0.05) is 30.0 Å². The van der Waals surface area contributed by atoms with Gasteiger partial charge in [0.15, 0.2) is 5.16 Å². The first-order valence-electron chi connectivity index (χ1n) is 8.17. The minimum absolute atomic E-state index is 0.140. The molecule has 2 heterocycles. The van der Waals surface area contributed by atoms with Crippen LogP contribution in [-0.4, -0.2) is 27.0 Å². The summed E-state index contributed by atoms with van der Waals surface area (Å²) in [6.45, 7) is 4.19. The van der Waals surface area contributed by atoms with E-state index in [0.717, 1.165) is 11.3 Å². The van der Waals surface area contributed by atoms with Crippen LogP contribution >= 0.6 is 11.8 Å². The van der Waals surface area contributed by atoms with E-state index in [-0.39, 0.29) is 5.56 Å². The Morgan fingerprint density at radius 3 is 2.46 bits per heavy atom. The molecule has 6 nitrogen and oxygen atoms in total. The number of H-pyrrole nitrogens is 1. The van der Waals surface area contributed by atoms with Crippen LogP contribution < -0.4 is 10.3 Å². The number of methoxy groups -OCH3 is 1. The van der Waals surface area contributed by atoms with Crippen molar-refractivity contribution in [1.29, 1.82) is 0 Å². The molecule has 0 aliphatic carbocycles. The van der Waals surface area contributed by atoms with Crippen molar-refractivity contribution in [1.82, 2.24) is 19.9 Å². The molecule has 1 aromatic carbocycles. The van der Waals surface area contributed by atoms with Gasteiger partial charge in [-0.3, -0.25) is 4.79 Å². The van der Waals surface area contributed by atoms with Crippen molar-refractivity contribution in [2.75, 3.05) is 7.11 Å². The van der Waals surface area contributed by atoms with E-state index in [1.54, 1.807) is 18.6 Å². The summed E-state index contributed by atoms with van der Waals surface area (Å²) in [5.74, 6) is 0.760. The molecule has 26 heavy (non-hydrogen) atoms. The normalized spacial score (nSPS) is 10.7. The number of aromatic nitrogens is 4. The zero-order valence-electron chi connectivity index (χ0n) is 14.9. The molecule has 134 valence electrons. The van der Waals surface area contributed by atoms with Crippen LogP contribution in [0.3, 0.4) is 0 Å². The Bertz CT molecular complexity index is 954. The van der Waals surface area contributed by atoms with Crippen LogP contribution in [0.25, 0.3) is 0 Å². The number of nitrogens with zero attached hydrogens (tertiary/aromatic N) is 3. The van der Waals surface area contributed by atoms with E-state index in [4.69, 9.17) is 4.74 Å². The Balaban J connectivity index is 1.66. The van der Waals surface area contributed by atoms with Crippen LogP contribution in [0.1, 0.15) is 27.8 Å². The average molecular weight is 368 g/mol. The number of nitrogens with one attached hydrogen (secondary N) is 1. The highest BCUT2D eigenvalue weighted by Crippen LogP contribution is 2.20. The lowest BCUT2D eigenvalue weighted by Gasteiger charge is -2.06. The first-order valence-corrected chi connectivity index (χ1v) is 9.16. The number of rotatable bonds is 6. The predicted molar refractivity (Wildman–Crippen MR) is 102 cm³/mol. The van der Waals surface area contributed by atoms with E-state index in [1.165, 1.54) is 35.6 Å². The molecule has 0 fully saturated rings. The summed E-state index contributed by atoms with van der Waals surface area (Å²) in [5, 5.41) is 0.614. The lowest BCUT2D eigenvalue weighted by Crippen LogP contribution is -2.15. The molecule has 0 saturated heterocycles. The molecular weight excluding hydrogens is 348 g/mol. The molecule has 3 aromatic rings. The van der Waals surface area contributed by atoms with Gasteiger partial charge < -0.3 is 9.72 Å². The quantitative estimate of drug-likeness (QED) is 0.532. The fraction of sp³-hybridized carbons (Fsp3) is 0.263. The number of hydrogen-bond donors (Lipinski definition) is 1. The van der Waals surface area contributed by atoms with Gasteiger partial charge in [0.2, 0.25) is 0 Å². The fourth-order valence-corrected chi connectivity index (χ4v) is 3.18. The number of aromatic amines is 1. The summed E-state index contributed by atoms with van der Waals surface area (Å²) < 4.78 is 4.93. The molecule has 1 N–H and O–H groups in total. The van der Waals surface area contributed by atoms with Gasteiger partial charge in [0, 0.05) is 36.3 Å². The van der Waals surface area contributed by atoms with E-state index in [0.29, 0.717) is 23.2 Å². The zero-order chi connectivity index (χ0) is 18.5. The second kappa shape index (κ2) is 8.14. The molecule has 0 aliphatic rings. The van der Waals surface area contributed by atoms with Gasteiger partial charge in [-0.2, -0.15) is 0 Å². The van der Waals surface area contributed by atoms with Crippen molar-refractivity contribution in [3.8, 4) is 6.01 Å². The standard InChI is InChI=1S/C19H20N4O2S/c1-12-4-5-14(6-13(12)2)11-26-19-22-10-16(17(24)23-19)7-15-8-20-18(25-3)21-9-15/h4-6,8-10H,7,11H2,1-3H3,(H,22,23,24). The predicted octanol–water partition coefficient (Wildman–Crippen LogP) is 3.07. The number of ether oxygens (including phenoxy) is 1. The molecule has 0 radical (unpaired) electrons. The molecule has 0 amide bonds. The van der Waals surface area contributed by atoms with Crippen LogP contribution in [0, 0.1) is 13.8 Å². The number of thioether (sulfide) groups is 1. The fourth-order valence-electron chi connectivity index (χ4n) is 2.41. The Labute approximate surface area is 156 Å². The summed E-state index contributed by atoms with van der Waals surface area (Å²) in [4.78, 5) is 27.6. The van der Waals surface area contributed by atoms with Gasteiger partial charge in [0.25, 0.3) is 5.56 Å². The Morgan fingerprint density at radius 1 is 1.04 bits per heavy atom. The smallest absolute Gasteiger partial charge is 0.316 e. The third kappa shape index (κ3) is 4.49. The molecule has 0 spiro atoms. The van der Waals surface area contributed by atoms with E-state index in [1.807, 2.05) is 0 Å². The Morgan fingerprint density at radius 2 is 1.81 bits per heavy atom. The van der Waals surface area contributed by atoms with Gasteiger partial charge >= 0.3 is 6.01 Å². The first-order chi connectivity index (χ1) is 12.5. The number of hydrogen-bond acceptors (Lipinski definition) is 6. The van der Waals surface area contributed by atoms with Crippen LogP contribution in [0.5, 0.6) is 6.01 Å². The highest BCUT2D eigenvalue weighted by atomic mass is 32.2. The van der Waals surface area contributed by atoms with Crippen molar-refractivity contribution >= 4 is 11.8 Å². The van der Waals surface area contributed by atoms with Crippen molar-refractivity contribution in [3.63, 3.8) is 0 Å². The summed E-state index contributed by atoms with van der Waals surface area (Å²) in [5.41, 5.74) is 5.01. The number of benzene rings is 1. The minimum atomic E-state index is -0.140. The summed E-state index contributed by atoms with van der Waals surface area (Å²) in [7, 11) is 1.51. The second-order valence-corrected chi connectivity index (χ2v) is 6.97. The molecule has 0 atom stereocenters. The van der Waals surface area contributed by atoms with Gasteiger partial charge in [-0.05, 0) is 36.1 Å². The van der Waals surface area contributed by atoms with Crippen molar-refractivity contribution in [3.05, 3.63) is 75.0 Å². The van der Waals surface area contributed by atoms with E-state index in [2.05, 4.69) is 52.0 Å². The highest BCUT2D eigenvalue weighted by Gasteiger charge is 2.07. The lowest BCUT2D eigenvalue weighted by atomic mass is 10.1. The summed E-state index contributed by atoms with van der Waals surface area (Å²) >= 11 is 1.51. The van der Waals surface area contributed by atoms with Crippen LogP contribution in [0.4, 0.5) is 0 Å². The zero-order valence-corrected chi connectivity index (χ0v) is 15.8. The molecule has 0 aliphatic heterocycles. The van der Waals surface area contributed by atoms with Gasteiger partial charge in [-0.15, -0.1) is 0 Å². The topological polar surface area (TPSA) is 80.8 Å². The SMILES string of the molecule is COc1ncc(Cc2cnc(SCc3ccc(C)c(C)c3)[nH]c2=O)cn1. The molecular formula is C19H20N4O2S. The van der Waals surface area contributed by atoms with Crippen molar-refractivity contribution in [2.24, 2.45) is 0 Å². The lowest BCUT2D eigenvalue weighted by molar-refractivity contribution is 0.379. The van der Waals surface area contributed by atoms with E-state index in [9.17, 15) is 4.79 Å². The molecule has 0 unspecified atom stereocenters. The molecule has 7 heteroatoms. The van der Waals surface area contributed by atoms with Gasteiger partial charge in [0.05, 0.1) is 7.11 Å². The highest BCUT2D eigenvalue weighted by molar-refractivity contribution is 7.98. The monoisotopic (exact) mass is 368 g/mol. The van der Waals surface area contributed by atoms with Crippen molar-refractivity contribution in [2.45, 2.75) is 31.2 Å². The van der Waals surface area contributed by atoms with Crippen LogP contribution in [0.2, 0.25) is 0 Å². The van der Waals surface area contributed by atoms with Crippen molar-refractivity contribution < 1.29 is 4.74 Å². The van der Waals surface area contributed by atoms with Crippen LogP contribution in [-0.2, 0) is 12.2 Å². The van der Waals surface area contributed by atoms with E-state index < -0.39 is 0 Å². The molecule has 0 saturated carbocycles. The van der Waals surface area contributed by atoms with E-state index >= 15 is 0 Å². The summed E-state index contributed by atoms with van der Waals surface area (Å²) in [6, 6.07) is 6.68.